The number of aromatic nitrogens is 1. The smallest absolute Gasteiger partial charge is 0.235 e. The number of pyridine rings is 1. The third-order valence-corrected chi connectivity index (χ3v) is 7.05. The molecule has 0 bridgehead atoms. The van der Waals surface area contributed by atoms with Gasteiger partial charge in [-0.3, -0.25) is 19.9 Å². The second-order valence-corrected chi connectivity index (χ2v) is 8.20. The highest BCUT2D eigenvalue weighted by Crippen LogP contribution is 2.61. The van der Waals surface area contributed by atoms with E-state index in [1.165, 1.54) is 0 Å². The number of fused-ring (bicyclic) bond motifs is 5. The van der Waals surface area contributed by atoms with Gasteiger partial charge in [0.15, 0.2) is 0 Å². The zero-order valence-electron chi connectivity index (χ0n) is 16.3. The molecule has 2 amide bonds. The minimum absolute atomic E-state index is 0.211. The Morgan fingerprint density at radius 2 is 1.97 bits per heavy atom. The van der Waals surface area contributed by atoms with Crippen molar-refractivity contribution in [3.63, 3.8) is 0 Å². The number of nitrogens with one attached hydrogen (secondary N) is 1. The van der Waals surface area contributed by atoms with Crippen LogP contribution in [0.5, 0.6) is 5.75 Å². The second-order valence-electron chi connectivity index (χ2n) is 8.20. The first-order chi connectivity index (χ1) is 14.0. The zero-order valence-corrected chi connectivity index (χ0v) is 16.3. The highest BCUT2D eigenvalue weighted by Gasteiger charge is 2.61. The Balaban J connectivity index is 1.85. The average molecular weight is 385 g/mol. The maximum atomic E-state index is 13.0. The number of imide groups is 1. The van der Waals surface area contributed by atoms with Crippen molar-refractivity contribution in [2.75, 3.05) is 12.0 Å². The van der Waals surface area contributed by atoms with Crippen LogP contribution in [0.25, 0.3) is 22.0 Å². The quantitative estimate of drug-likeness (QED) is 0.649. The van der Waals surface area contributed by atoms with Crippen LogP contribution in [0.15, 0.2) is 42.6 Å². The molecule has 29 heavy (non-hydrogen) atoms. The summed E-state index contributed by atoms with van der Waals surface area (Å²) in [5.74, 6) is -0.415. The number of para-hydroxylation sites is 1. The summed E-state index contributed by atoms with van der Waals surface area (Å²) < 4.78 is 5.67. The van der Waals surface area contributed by atoms with E-state index in [0.29, 0.717) is 5.75 Å². The van der Waals surface area contributed by atoms with Crippen molar-refractivity contribution in [1.82, 2.24) is 10.3 Å². The summed E-state index contributed by atoms with van der Waals surface area (Å²) in [6.45, 7) is 3.92. The van der Waals surface area contributed by atoms with E-state index in [0.717, 1.165) is 39.0 Å². The first-order valence-electron chi connectivity index (χ1n) is 9.72. The van der Waals surface area contributed by atoms with Crippen LogP contribution >= 0.6 is 0 Å². The predicted molar refractivity (Wildman–Crippen MR) is 109 cm³/mol. The Labute approximate surface area is 167 Å². The van der Waals surface area contributed by atoms with Crippen molar-refractivity contribution in [1.29, 1.82) is 0 Å². The van der Waals surface area contributed by atoms with Crippen LogP contribution in [-0.2, 0) is 9.59 Å². The highest BCUT2D eigenvalue weighted by atomic mass is 16.5. The molecule has 6 heteroatoms. The molecule has 6 rings (SSSR count). The van der Waals surface area contributed by atoms with Crippen molar-refractivity contribution >= 4 is 34.1 Å². The zero-order chi connectivity index (χ0) is 20.1. The monoisotopic (exact) mass is 385 g/mol. The van der Waals surface area contributed by atoms with Crippen molar-refractivity contribution < 1.29 is 14.3 Å². The number of nitrogens with zero attached hydrogens (tertiary/aromatic N) is 2. The van der Waals surface area contributed by atoms with E-state index >= 15 is 0 Å². The third-order valence-electron chi connectivity index (χ3n) is 7.05. The highest BCUT2D eigenvalue weighted by molar-refractivity contribution is 6.18. The Morgan fingerprint density at radius 3 is 2.76 bits per heavy atom. The van der Waals surface area contributed by atoms with E-state index < -0.39 is 11.3 Å². The Morgan fingerprint density at radius 1 is 1.17 bits per heavy atom. The molecule has 0 unspecified atom stereocenters. The number of anilines is 2. The van der Waals surface area contributed by atoms with E-state index in [1.54, 1.807) is 13.3 Å². The number of carbonyl (C=O) groups is 2. The molecule has 2 aromatic carbocycles. The fraction of sp³-hybridized carbons (Fsp3) is 0.261. The molecular formula is C23H19N3O3. The summed E-state index contributed by atoms with van der Waals surface area (Å²) in [4.78, 5) is 32.7. The summed E-state index contributed by atoms with van der Waals surface area (Å²) >= 11 is 0. The van der Waals surface area contributed by atoms with Crippen LogP contribution in [0, 0.1) is 5.41 Å². The number of hydrogen-bond acceptors (Lipinski definition) is 5. The number of carbonyl (C=O) groups excluding carboxylic acids is 2. The van der Waals surface area contributed by atoms with Crippen molar-refractivity contribution in [3.8, 4) is 16.9 Å². The van der Waals surface area contributed by atoms with Crippen LogP contribution < -0.4 is 15.0 Å². The number of methoxy groups -OCH3 is 1. The fourth-order valence-electron chi connectivity index (χ4n) is 5.49. The number of rotatable bonds is 1. The molecule has 1 N–H and O–H groups in total. The van der Waals surface area contributed by atoms with Gasteiger partial charge >= 0.3 is 0 Å². The van der Waals surface area contributed by atoms with Gasteiger partial charge in [-0.05, 0) is 43.2 Å². The lowest BCUT2D eigenvalue weighted by Crippen LogP contribution is -2.53. The summed E-state index contributed by atoms with van der Waals surface area (Å²) in [6, 6.07) is 11.9. The molecule has 0 radical (unpaired) electrons. The Kier molecular flexibility index (Phi) is 2.93. The number of ether oxygens (including phenoxy) is 1. The number of amides is 2. The van der Waals surface area contributed by atoms with E-state index in [1.807, 2.05) is 38.1 Å². The molecule has 3 aromatic rings. The fourth-order valence-corrected chi connectivity index (χ4v) is 5.49. The molecule has 1 aromatic heterocycles. The van der Waals surface area contributed by atoms with Gasteiger partial charge in [0, 0.05) is 28.9 Å². The van der Waals surface area contributed by atoms with Gasteiger partial charge in [0.2, 0.25) is 11.8 Å². The second kappa shape index (κ2) is 5.14. The van der Waals surface area contributed by atoms with E-state index in [4.69, 9.17) is 4.74 Å². The van der Waals surface area contributed by atoms with Crippen molar-refractivity contribution in [3.05, 3.63) is 48.2 Å². The van der Waals surface area contributed by atoms with Gasteiger partial charge in [0.25, 0.3) is 0 Å². The van der Waals surface area contributed by atoms with E-state index in [9.17, 15) is 9.59 Å². The van der Waals surface area contributed by atoms with Gasteiger partial charge in [-0.2, -0.15) is 0 Å². The number of hydrogen-bond donors (Lipinski definition) is 1. The van der Waals surface area contributed by atoms with Gasteiger partial charge in [-0.15, -0.1) is 0 Å². The van der Waals surface area contributed by atoms with Crippen LogP contribution in [0.1, 0.15) is 25.3 Å². The topological polar surface area (TPSA) is 71.5 Å². The van der Waals surface area contributed by atoms with Crippen molar-refractivity contribution in [2.45, 2.75) is 25.8 Å². The minimum Gasteiger partial charge on any atom is -0.494 e. The first-order valence-corrected chi connectivity index (χ1v) is 9.72. The molecule has 4 heterocycles. The molecule has 3 atom stereocenters. The molecule has 0 saturated carbocycles. The number of benzene rings is 2. The van der Waals surface area contributed by atoms with Gasteiger partial charge in [-0.25, -0.2) is 0 Å². The van der Waals surface area contributed by atoms with Crippen LogP contribution in [0.2, 0.25) is 0 Å². The molecule has 3 aliphatic heterocycles. The van der Waals surface area contributed by atoms with Crippen LogP contribution in [-0.4, -0.2) is 29.9 Å². The largest absolute Gasteiger partial charge is 0.494 e. The molecule has 0 aliphatic carbocycles. The van der Waals surface area contributed by atoms with E-state index in [-0.39, 0.29) is 17.9 Å². The predicted octanol–water partition coefficient (Wildman–Crippen LogP) is 3.51. The standard InChI is InChI=1S/C23H19N3O3/c1-11-23(2)18(21(27)25-22(23)28)14-10-16(29-3)19-17-13(8-9-24-19)12-6-4-5-7-15(12)26(11)20(14)17/h4-11,18H,1-3H3,(H,25,27,28)/t11-,18-,23-/m0/s1. The summed E-state index contributed by atoms with van der Waals surface area (Å²) in [7, 11) is 1.61. The molecule has 0 spiro atoms. The SMILES string of the molecule is COc1cc2c3c4c(ccnc14)-c1ccccc1N3[C@@H](C)[C@]1(C)C(=O)NC(=O)[C@H]21. The van der Waals surface area contributed by atoms with Crippen molar-refractivity contribution in [2.24, 2.45) is 5.41 Å². The van der Waals surface area contributed by atoms with Gasteiger partial charge in [0.05, 0.1) is 24.1 Å². The third kappa shape index (κ3) is 1.71. The molecule has 1 fully saturated rings. The van der Waals surface area contributed by atoms with E-state index in [2.05, 4.69) is 27.3 Å². The lowest BCUT2D eigenvalue weighted by molar-refractivity contribution is -0.128. The molecule has 144 valence electrons. The van der Waals surface area contributed by atoms with Gasteiger partial charge in [-0.1, -0.05) is 18.2 Å². The normalized spacial score (nSPS) is 26.2. The minimum atomic E-state index is -0.879. The van der Waals surface area contributed by atoms with Crippen LogP contribution in [0.4, 0.5) is 11.4 Å². The summed E-state index contributed by atoms with van der Waals surface area (Å²) in [5.41, 5.74) is 4.87. The van der Waals surface area contributed by atoms with Crippen LogP contribution in [0.3, 0.4) is 0 Å². The average Bonchev–Trinajstić information content (AvgIpc) is 2.97. The summed E-state index contributed by atoms with van der Waals surface area (Å²) in [6.07, 6.45) is 1.79. The first kappa shape index (κ1) is 16.5. The lowest BCUT2D eigenvalue weighted by Gasteiger charge is -2.50. The molecule has 6 nitrogen and oxygen atoms in total. The molecule has 1 saturated heterocycles. The Bertz CT molecular complexity index is 1270. The summed E-state index contributed by atoms with van der Waals surface area (Å²) in [5, 5.41) is 3.55. The lowest BCUT2D eigenvalue weighted by atomic mass is 9.65. The maximum absolute atomic E-state index is 13.0. The molecular weight excluding hydrogens is 366 g/mol. The van der Waals surface area contributed by atoms with Gasteiger partial charge < -0.3 is 9.64 Å². The molecule has 3 aliphatic rings. The maximum Gasteiger partial charge on any atom is 0.235 e. The van der Waals surface area contributed by atoms with Gasteiger partial charge in [0.1, 0.15) is 11.3 Å². The Hall–Kier alpha value is -3.41.